The van der Waals surface area contributed by atoms with E-state index in [1.165, 1.54) is 0 Å². The van der Waals surface area contributed by atoms with Crippen LogP contribution in [0.3, 0.4) is 0 Å². The molecule has 44 heavy (non-hydrogen) atoms. The van der Waals surface area contributed by atoms with E-state index in [1.807, 2.05) is 5.32 Å². The minimum Gasteiger partial charge on any atom is -0.382 e. The largest absolute Gasteiger partial charge is 0.426 e. The number of aromatic nitrogens is 3. The molecule has 21 heteroatoms. The third-order valence-electron chi connectivity index (χ3n) is 6.73. The molecule has 0 bridgehead atoms. The van der Waals surface area contributed by atoms with Crippen LogP contribution in [0.1, 0.15) is 22.3 Å². The Labute approximate surface area is 242 Å². The molecule has 0 unspecified atom stereocenters. The number of hydrogen-bond donors (Lipinski definition) is 3. The molecule has 2 atom stereocenters. The Morgan fingerprint density at radius 2 is 1.66 bits per heavy atom. The summed E-state index contributed by atoms with van der Waals surface area (Å²) in [5.41, 5.74) is -3.85. The fourth-order valence-corrected chi connectivity index (χ4v) is 4.67. The second-order valence-corrected chi connectivity index (χ2v) is 9.99. The summed E-state index contributed by atoms with van der Waals surface area (Å²) in [5.74, 6) is -5.10. The first-order valence-corrected chi connectivity index (χ1v) is 12.2. The fraction of sp³-hybridized carbons (Fsp3) is 0.391. The number of fused-ring (bicyclic) bond motifs is 1. The number of halogens is 12. The molecule has 2 aromatic heterocycles. The highest BCUT2D eigenvalue weighted by atomic mass is 35.5. The van der Waals surface area contributed by atoms with Crippen LogP contribution >= 0.6 is 11.6 Å². The predicted octanol–water partition coefficient (Wildman–Crippen LogP) is 4.31. The number of amides is 2. The summed E-state index contributed by atoms with van der Waals surface area (Å²) in [6.45, 7) is -2.02. The van der Waals surface area contributed by atoms with E-state index in [0.29, 0.717) is 22.7 Å². The van der Waals surface area contributed by atoms with E-state index in [-0.39, 0.29) is 4.90 Å². The van der Waals surface area contributed by atoms with Crippen molar-refractivity contribution >= 4 is 34.7 Å². The van der Waals surface area contributed by atoms with Crippen LogP contribution in [0.4, 0.5) is 54.1 Å². The lowest BCUT2D eigenvalue weighted by Gasteiger charge is -2.32. The molecule has 1 aliphatic rings. The molecule has 1 aliphatic heterocycles. The lowest BCUT2D eigenvalue weighted by Crippen LogP contribution is -2.59. The maximum atomic E-state index is 15.0. The van der Waals surface area contributed by atoms with Gasteiger partial charge in [0.05, 0.1) is 40.9 Å². The van der Waals surface area contributed by atoms with Gasteiger partial charge in [-0.1, -0.05) is 11.6 Å². The summed E-state index contributed by atoms with van der Waals surface area (Å²) >= 11 is 5.93. The first-order chi connectivity index (χ1) is 20.1. The Hall–Kier alpha value is -3.94. The van der Waals surface area contributed by atoms with Crippen molar-refractivity contribution < 1.29 is 63.0 Å². The van der Waals surface area contributed by atoms with Gasteiger partial charge in [0.25, 0.3) is 11.5 Å². The van der Waals surface area contributed by atoms with Crippen LogP contribution in [-0.2, 0) is 11.0 Å². The molecule has 0 aliphatic carbocycles. The highest BCUT2D eigenvalue weighted by Gasteiger charge is 2.71. The number of nitrogens with zero attached hydrogens (tertiary/aromatic N) is 4. The highest BCUT2D eigenvalue weighted by molar-refractivity contribution is 6.34. The zero-order valence-corrected chi connectivity index (χ0v) is 22.0. The number of hydrogen-bond acceptors (Lipinski definition) is 6. The fourth-order valence-electron chi connectivity index (χ4n) is 4.44. The van der Waals surface area contributed by atoms with Crippen molar-refractivity contribution in [3.63, 3.8) is 0 Å². The van der Waals surface area contributed by atoms with Gasteiger partial charge in [-0.3, -0.25) is 9.59 Å². The number of aliphatic hydroxyl groups is 1. The molecule has 2 amide bonds. The van der Waals surface area contributed by atoms with Crippen molar-refractivity contribution in [1.82, 2.24) is 24.8 Å². The molecule has 3 aromatic rings. The van der Waals surface area contributed by atoms with Crippen LogP contribution in [0, 0.1) is 5.82 Å². The number of rotatable bonds is 5. The molecule has 4 N–H and O–H groups in total. The van der Waals surface area contributed by atoms with Crippen LogP contribution < -0.4 is 11.1 Å². The van der Waals surface area contributed by atoms with Gasteiger partial charge in [0.1, 0.15) is 23.8 Å². The molecule has 1 fully saturated rings. The molecular formula is C23H16ClF11N6O3. The van der Waals surface area contributed by atoms with Crippen molar-refractivity contribution in [3.8, 4) is 11.3 Å². The molecule has 240 valence electrons. The van der Waals surface area contributed by atoms with Crippen LogP contribution in [0.25, 0.3) is 16.8 Å². The highest BCUT2D eigenvalue weighted by Crippen LogP contribution is 2.46. The van der Waals surface area contributed by atoms with E-state index in [2.05, 4.69) is 10.1 Å². The Morgan fingerprint density at radius 1 is 1.05 bits per heavy atom. The van der Waals surface area contributed by atoms with Crippen molar-refractivity contribution in [2.75, 3.05) is 18.8 Å². The first kappa shape index (κ1) is 33.0. The van der Waals surface area contributed by atoms with Gasteiger partial charge < -0.3 is 21.1 Å². The van der Waals surface area contributed by atoms with Crippen molar-refractivity contribution in [3.05, 3.63) is 46.5 Å². The number of likely N-dealkylation sites (tertiary alicyclic amines) is 1. The number of benzene rings is 1. The Morgan fingerprint density at radius 3 is 2.23 bits per heavy atom. The standard InChI is InChI=1S/C23H16ClF11N6O3/c24-11-3-12(25)9(15-2-10(21(27,28)29)17-18(36)37-7-38-41(15)17)1-8(11)19(43)39-14-6-40(5-13(14)26)16(42)4-20(44,22(30,31)32)23(33,34)35/h1-3,7,13-14,44H,4-6H2,(H,39,43)(H2,36,37,38)/t13-,14+/m0/s1. The van der Waals surface area contributed by atoms with Gasteiger partial charge in [-0.05, 0) is 18.2 Å². The summed E-state index contributed by atoms with van der Waals surface area (Å²) in [4.78, 5) is 28.9. The number of carbonyl (C=O) groups is 2. The molecular weight excluding hydrogens is 653 g/mol. The summed E-state index contributed by atoms with van der Waals surface area (Å²) in [6, 6.07) is -0.0461. The molecule has 0 saturated carbocycles. The van der Waals surface area contributed by atoms with E-state index in [4.69, 9.17) is 17.3 Å². The topological polar surface area (TPSA) is 126 Å². The Kier molecular flexibility index (Phi) is 8.16. The Bertz CT molecular complexity index is 1610. The van der Waals surface area contributed by atoms with Gasteiger partial charge in [0, 0.05) is 12.1 Å². The van der Waals surface area contributed by atoms with Crippen molar-refractivity contribution in [1.29, 1.82) is 0 Å². The second-order valence-electron chi connectivity index (χ2n) is 9.59. The summed E-state index contributed by atoms with van der Waals surface area (Å²) in [7, 11) is 0. The maximum Gasteiger partial charge on any atom is 0.426 e. The molecule has 1 aromatic carbocycles. The van der Waals surface area contributed by atoms with E-state index >= 15 is 0 Å². The molecule has 3 heterocycles. The number of nitrogen functional groups attached to an aromatic ring is 1. The zero-order chi connectivity index (χ0) is 33.2. The van der Waals surface area contributed by atoms with Gasteiger partial charge in [0.15, 0.2) is 5.82 Å². The Balaban J connectivity index is 1.61. The average Bonchev–Trinajstić information content (AvgIpc) is 3.44. The minimum absolute atomic E-state index is 0.214. The molecule has 0 spiro atoms. The van der Waals surface area contributed by atoms with Gasteiger partial charge >= 0.3 is 18.5 Å². The van der Waals surface area contributed by atoms with E-state index < -0.39 is 112 Å². The predicted molar refractivity (Wildman–Crippen MR) is 127 cm³/mol. The minimum atomic E-state index is -6.32. The van der Waals surface area contributed by atoms with Crippen LogP contribution in [0.5, 0.6) is 0 Å². The normalized spacial score (nSPS) is 18.2. The third kappa shape index (κ3) is 5.78. The molecule has 4 rings (SSSR count). The van der Waals surface area contributed by atoms with E-state index in [0.717, 1.165) is 6.33 Å². The number of nitrogens with two attached hydrogens (primary N) is 1. The van der Waals surface area contributed by atoms with Gasteiger partial charge in [-0.2, -0.15) is 44.6 Å². The molecule has 1 saturated heterocycles. The molecule has 9 nitrogen and oxygen atoms in total. The number of carbonyl (C=O) groups excluding carboxylic acids is 2. The third-order valence-corrected chi connectivity index (χ3v) is 7.04. The van der Waals surface area contributed by atoms with Crippen LogP contribution in [-0.4, -0.2) is 79.7 Å². The smallest absolute Gasteiger partial charge is 0.382 e. The maximum absolute atomic E-state index is 15.0. The van der Waals surface area contributed by atoms with Gasteiger partial charge in [0.2, 0.25) is 5.91 Å². The zero-order valence-electron chi connectivity index (χ0n) is 21.3. The van der Waals surface area contributed by atoms with Crippen LogP contribution in [0.15, 0.2) is 24.5 Å². The van der Waals surface area contributed by atoms with E-state index in [1.54, 1.807) is 0 Å². The van der Waals surface area contributed by atoms with Gasteiger partial charge in [-0.15, -0.1) is 0 Å². The number of anilines is 1. The summed E-state index contributed by atoms with van der Waals surface area (Å²) in [5, 5.41) is 14.3. The van der Waals surface area contributed by atoms with E-state index in [9.17, 15) is 63.0 Å². The first-order valence-electron chi connectivity index (χ1n) is 11.8. The number of alkyl halides is 10. The lowest BCUT2D eigenvalue weighted by molar-refractivity contribution is -0.367. The van der Waals surface area contributed by atoms with Gasteiger partial charge in [-0.25, -0.2) is 18.3 Å². The second kappa shape index (κ2) is 10.9. The number of nitrogens with one attached hydrogen (secondary N) is 1. The van der Waals surface area contributed by atoms with Crippen LogP contribution in [0.2, 0.25) is 5.02 Å². The quantitative estimate of drug-likeness (QED) is 0.348. The monoisotopic (exact) mass is 668 g/mol. The summed E-state index contributed by atoms with van der Waals surface area (Å²) < 4.78 is 149. The molecule has 0 radical (unpaired) electrons. The summed E-state index contributed by atoms with van der Waals surface area (Å²) in [6.07, 6.45) is -21.6. The van der Waals surface area contributed by atoms with Crippen molar-refractivity contribution in [2.24, 2.45) is 0 Å². The van der Waals surface area contributed by atoms with Crippen molar-refractivity contribution in [2.45, 2.75) is 42.8 Å². The lowest BCUT2D eigenvalue weighted by atomic mass is 9.97. The SMILES string of the molecule is Nc1ncnn2c(-c3cc(C(=O)N[C@@H]4CN(C(=O)CC(O)(C(F)(F)F)C(F)(F)F)C[C@@H]4F)c(Cl)cc3F)cc(C(F)(F)F)c12. The average molecular weight is 669 g/mol.